The van der Waals surface area contributed by atoms with Gasteiger partial charge in [-0.05, 0) is 42.3 Å². The molecule has 0 bridgehead atoms. The SMILES string of the molecule is CC1c2nc3cc(-c4ccccn4)ccc3c(=O)n2CCC1C(F)(F)Cl. The quantitative estimate of drug-likeness (QED) is 0.623. The van der Waals surface area contributed by atoms with E-state index in [1.165, 1.54) is 4.57 Å². The smallest absolute Gasteiger partial charge is 0.296 e. The standard InChI is InChI=1S/C19H16ClF2N3O/c1-11-14(19(20,21)22)7-9-25-17(11)24-16-10-12(5-6-13(16)18(25)26)15-4-2-3-8-23-15/h2-6,8,10-11,14H,7,9H2,1H3. The van der Waals surface area contributed by atoms with Gasteiger partial charge in [0.25, 0.3) is 5.56 Å². The highest BCUT2D eigenvalue weighted by Crippen LogP contribution is 2.43. The van der Waals surface area contributed by atoms with Crippen LogP contribution in [-0.4, -0.2) is 19.9 Å². The van der Waals surface area contributed by atoms with Crippen LogP contribution in [0.2, 0.25) is 0 Å². The number of aromatic nitrogens is 3. The van der Waals surface area contributed by atoms with Gasteiger partial charge in [0.05, 0.1) is 16.6 Å². The molecule has 2 atom stereocenters. The van der Waals surface area contributed by atoms with Gasteiger partial charge in [-0.15, -0.1) is 0 Å². The average Bonchev–Trinajstić information content (AvgIpc) is 2.62. The number of alkyl halides is 3. The Hall–Kier alpha value is -2.34. The Morgan fingerprint density at radius 1 is 1.27 bits per heavy atom. The second-order valence-electron chi connectivity index (χ2n) is 6.60. The molecule has 0 saturated carbocycles. The Labute approximate surface area is 153 Å². The van der Waals surface area contributed by atoms with Gasteiger partial charge < -0.3 is 0 Å². The highest BCUT2D eigenvalue weighted by molar-refractivity contribution is 6.21. The van der Waals surface area contributed by atoms with Crippen LogP contribution in [0.4, 0.5) is 8.78 Å². The van der Waals surface area contributed by atoms with Crippen molar-refractivity contribution in [1.29, 1.82) is 0 Å². The van der Waals surface area contributed by atoms with Crippen LogP contribution in [0.3, 0.4) is 0 Å². The zero-order chi connectivity index (χ0) is 18.5. The Balaban J connectivity index is 1.88. The summed E-state index contributed by atoms with van der Waals surface area (Å²) in [5.74, 6) is -1.31. The minimum absolute atomic E-state index is 0.143. The molecule has 1 aromatic carbocycles. The zero-order valence-electron chi connectivity index (χ0n) is 14.0. The molecule has 134 valence electrons. The summed E-state index contributed by atoms with van der Waals surface area (Å²) in [7, 11) is 0. The fraction of sp³-hybridized carbons (Fsp3) is 0.316. The van der Waals surface area contributed by atoms with Crippen molar-refractivity contribution in [2.75, 3.05) is 0 Å². The van der Waals surface area contributed by atoms with Gasteiger partial charge in [-0.3, -0.25) is 14.3 Å². The van der Waals surface area contributed by atoms with Gasteiger partial charge >= 0.3 is 5.38 Å². The summed E-state index contributed by atoms with van der Waals surface area (Å²) in [6, 6.07) is 10.9. The summed E-state index contributed by atoms with van der Waals surface area (Å²) in [5.41, 5.74) is 1.85. The minimum Gasteiger partial charge on any atom is -0.296 e. The second kappa shape index (κ2) is 6.13. The van der Waals surface area contributed by atoms with Crippen LogP contribution in [0.15, 0.2) is 47.4 Å². The second-order valence-corrected chi connectivity index (χ2v) is 7.10. The average molecular weight is 376 g/mol. The predicted molar refractivity (Wildman–Crippen MR) is 96.6 cm³/mol. The van der Waals surface area contributed by atoms with Crippen molar-refractivity contribution >= 4 is 22.5 Å². The number of nitrogens with zero attached hydrogens (tertiary/aromatic N) is 3. The summed E-state index contributed by atoms with van der Waals surface area (Å²) in [5, 5.41) is -2.86. The fourth-order valence-electron chi connectivity index (χ4n) is 3.64. The number of pyridine rings is 1. The lowest BCUT2D eigenvalue weighted by atomic mass is 9.87. The number of rotatable bonds is 2. The summed E-state index contributed by atoms with van der Waals surface area (Å²) in [6.45, 7) is 1.84. The van der Waals surface area contributed by atoms with Crippen LogP contribution < -0.4 is 5.56 Å². The number of halogens is 3. The maximum atomic E-state index is 13.7. The third-order valence-corrected chi connectivity index (χ3v) is 5.32. The lowest BCUT2D eigenvalue weighted by Crippen LogP contribution is -2.39. The molecule has 0 spiro atoms. The van der Waals surface area contributed by atoms with Gasteiger partial charge in [0.2, 0.25) is 0 Å². The van der Waals surface area contributed by atoms with E-state index in [-0.39, 0.29) is 18.5 Å². The highest BCUT2D eigenvalue weighted by atomic mass is 35.5. The first-order chi connectivity index (χ1) is 12.4. The van der Waals surface area contributed by atoms with E-state index in [0.29, 0.717) is 16.7 Å². The maximum absolute atomic E-state index is 13.7. The summed E-state index contributed by atoms with van der Waals surface area (Å²) >= 11 is 5.28. The molecule has 0 saturated heterocycles. The fourth-order valence-corrected chi connectivity index (χ4v) is 3.94. The van der Waals surface area contributed by atoms with E-state index >= 15 is 0 Å². The Morgan fingerprint density at radius 2 is 2.08 bits per heavy atom. The lowest BCUT2D eigenvalue weighted by Gasteiger charge is -2.33. The highest BCUT2D eigenvalue weighted by Gasteiger charge is 2.44. The molecule has 3 heterocycles. The first-order valence-electron chi connectivity index (χ1n) is 8.39. The van der Waals surface area contributed by atoms with Gasteiger partial charge in [-0.1, -0.05) is 19.1 Å². The van der Waals surface area contributed by atoms with Crippen LogP contribution in [0, 0.1) is 5.92 Å². The predicted octanol–water partition coefficient (Wildman–Crippen LogP) is 4.41. The third-order valence-electron chi connectivity index (χ3n) is 5.04. The van der Waals surface area contributed by atoms with E-state index in [1.807, 2.05) is 24.3 Å². The Bertz CT molecular complexity index is 1030. The van der Waals surface area contributed by atoms with Crippen molar-refractivity contribution in [3.63, 3.8) is 0 Å². The molecule has 2 unspecified atom stereocenters. The number of hydrogen-bond donors (Lipinski definition) is 0. The van der Waals surface area contributed by atoms with Gasteiger partial charge in [0.1, 0.15) is 5.82 Å². The first-order valence-corrected chi connectivity index (χ1v) is 8.76. The number of fused-ring (bicyclic) bond motifs is 2. The molecule has 7 heteroatoms. The normalized spacial score (nSPS) is 20.2. The molecule has 0 N–H and O–H groups in total. The first kappa shape index (κ1) is 17.1. The van der Waals surface area contributed by atoms with Crippen LogP contribution >= 0.6 is 11.6 Å². The maximum Gasteiger partial charge on any atom is 0.325 e. The Kier molecular flexibility index (Phi) is 4.03. The monoisotopic (exact) mass is 375 g/mol. The van der Waals surface area contributed by atoms with E-state index in [9.17, 15) is 13.6 Å². The van der Waals surface area contributed by atoms with Crippen LogP contribution in [0.1, 0.15) is 25.1 Å². The van der Waals surface area contributed by atoms with Gasteiger partial charge in [0, 0.05) is 30.1 Å². The molecule has 0 radical (unpaired) electrons. The van der Waals surface area contributed by atoms with E-state index in [4.69, 9.17) is 11.6 Å². The van der Waals surface area contributed by atoms with Crippen molar-refractivity contribution < 1.29 is 8.78 Å². The summed E-state index contributed by atoms with van der Waals surface area (Å²) in [4.78, 5) is 21.7. The molecule has 3 aromatic rings. The molecule has 0 aliphatic carbocycles. The lowest BCUT2D eigenvalue weighted by molar-refractivity contribution is 0.00291. The van der Waals surface area contributed by atoms with Crippen LogP contribution in [-0.2, 0) is 6.54 Å². The molecule has 4 rings (SSSR count). The van der Waals surface area contributed by atoms with Crippen molar-refractivity contribution in [3.8, 4) is 11.3 Å². The van der Waals surface area contributed by atoms with E-state index in [0.717, 1.165) is 11.3 Å². The molecule has 4 nitrogen and oxygen atoms in total. The Morgan fingerprint density at radius 3 is 2.77 bits per heavy atom. The van der Waals surface area contributed by atoms with Crippen LogP contribution in [0.25, 0.3) is 22.2 Å². The number of benzene rings is 1. The van der Waals surface area contributed by atoms with Gasteiger partial charge in [-0.25, -0.2) is 4.98 Å². The van der Waals surface area contributed by atoms with Gasteiger partial charge in [0.15, 0.2) is 0 Å². The molecular formula is C19H16ClF2N3O. The molecule has 1 aliphatic rings. The van der Waals surface area contributed by atoms with E-state index in [2.05, 4.69) is 9.97 Å². The number of hydrogen-bond acceptors (Lipinski definition) is 3. The molecule has 1 aliphatic heterocycles. The topological polar surface area (TPSA) is 47.8 Å². The van der Waals surface area contributed by atoms with Crippen molar-refractivity contribution in [2.45, 2.75) is 31.2 Å². The largest absolute Gasteiger partial charge is 0.325 e. The molecule has 0 amide bonds. The van der Waals surface area contributed by atoms with Crippen molar-refractivity contribution in [2.24, 2.45) is 5.92 Å². The summed E-state index contributed by atoms with van der Waals surface area (Å²) in [6.07, 6.45) is 1.83. The van der Waals surface area contributed by atoms with Gasteiger partial charge in [-0.2, -0.15) is 8.78 Å². The van der Waals surface area contributed by atoms with Crippen LogP contribution in [0.5, 0.6) is 0 Å². The third kappa shape index (κ3) is 2.78. The zero-order valence-corrected chi connectivity index (χ0v) is 14.8. The minimum atomic E-state index is -3.33. The molecule has 2 aromatic heterocycles. The summed E-state index contributed by atoms with van der Waals surface area (Å²) < 4.78 is 28.9. The van der Waals surface area contributed by atoms with E-state index in [1.54, 1.807) is 25.3 Å². The molecule has 0 fully saturated rings. The van der Waals surface area contributed by atoms with Crippen molar-refractivity contribution in [3.05, 3.63) is 58.8 Å². The molecule has 26 heavy (non-hydrogen) atoms. The molecular weight excluding hydrogens is 360 g/mol. The van der Waals surface area contributed by atoms with Crippen molar-refractivity contribution in [1.82, 2.24) is 14.5 Å². The van der Waals surface area contributed by atoms with E-state index < -0.39 is 17.2 Å².